The molecule has 1 saturated heterocycles. The van der Waals surface area contributed by atoms with Gasteiger partial charge in [-0.25, -0.2) is 4.98 Å². The Hall–Kier alpha value is -3.44. The van der Waals surface area contributed by atoms with E-state index in [1.165, 1.54) is 5.56 Å². The van der Waals surface area contributed by atoms with Crippen molar-refractivity contribution in [3.8, 4) is 11.8 Å². The fourth-order valence-electron chi connectivity index (χ4n) is 4.36. The van der Waals surface area contributed by atoms with E-state index >= 15 is 0 Å². The van der Waals surface area contributed by atoms with E-state index in [1.54, 1.807) is 13.1 Å². The first-order valence-electron chi connectivity index (χ1n) is 12.1. The molecule has 1 fully saturated rings. The first kappa shape index (κ1) is 23.3. The van der Waals surface area contributed by atoms with E-state index in [0.29, 0.717) is 18.8 Å². The maximum atomic E-state index is 9.84. The molecule has 180 valence electrons. The number of imidazole rings is 1. The highest BCUT2D eigenvalue weighted by Gasteiger charge is 2.24. The summed E-state index contributed by atoms with van der Waals surface area (Å²) in [6.45, 7) is 6.89. The van der Waals surface area contributed by atoms with Crippen LogP contribution in [0.2, 0.25) is 0 Å². The van der Waals surface area contributed by atoms with Crippen molar-refractivity contribution in [3.05, 3.63) is 89.0 Å². The number of ether oxygens (including phenoxy) is 1. The van der Waals surface area contributed by atoms with Gasteiger partial charge in [0.1, 0.15) is 11.9 Å². The van der Waals surface area contributed by atoms with E-state index in [1.807, 2.05) is 35.0 Å². The Morgan fingerprint density at radius 1 is 1.03 bits per heavy atom. The number of oxime groups is 1. The summed E-state index contributed by atoms with van der Waals surface area (Å²) in [5.74, 6) is 7.15. The Kier molecular flexibility index (Phi) is 7.24. The minimum atomic E-state index is -0.617. The van der Waals surface area contributed by atoms with Crippen LogP contribution in [0.4, 0.5) is 0 Å². The van der Waals surface area contributed by atoms with Crippen LogP contribution >= 0.6 is 0 Å². The van der Waals surface area contributed by atoms with Gasteiger partial charge in [0.15, 0.2) is 6.10 Å². The van der Waals surface area contributed by atoms with Crippen molar-refractivity contribution in [3.63, 3.8) is 0 Å². The first-order valence-corrected chi connectivity index (χ1v) is 12.1. The Balaban J connectivity index is 1.15. The SMILES string of the molecule is CC(O)c1nccn1CC1CC(c2ccc(C#Cc3ccc(CN4CCOCC4)cc3)cc2)=NO1. The van der Waals surface area contributed by atoms with Crippen LogP contribution in [0.3, 0.4) is 0 Å². The summed E-state index contributed by atoms with van der Waals surface area (Å²) in [7, 11) is 0. The van der Waals surface area contributed by atoms with Crippen LogP contribution in [0.15, 0.2) is 66.1 Å². The van der Waals surface area contributed by atoms with Crippen LogP contribution in [-0.4, -0.2) is 57.7 Å². The van der Waals surface area contributed by atoms with Gasteiger partial charge in [0.05, 0.1) is 25.5 Å². The number of benzene rings is 2. The number of aromatic nitrogens is 2. The molecule has 2 atom stereocenters. The van der Waals surface area contributed by atoms with E-state index in [0.717, 1.165) is 55.3 Å². The molecule has 3 heterocycles. The maximum absolute atomic E-state index is 9.84. The highest BCUT2D eigenvalue weighted by Crippen LogP contribution is 2.20. The van der Waals surface area contributed by atoms with Gasteiger partial charge in [-0.05, 0) is 42.3 Å². The predicted molar refractivity (Wildman–Crippen MR) is 134 cm³/mol. The maximum Gasteiger partial charge on any atom is 0.151 e. The molecule has 0 radical (unpaired) electrons. The van der Waals surface area contributed by atoms with Crippen molar-refractivity contribution in [2.24, 2.45) is 5.16 Å². The number of morpholine rings is 1. The second-order valence-electron chi connectivity index (χ2n) is 9.00. The lowest BCUT2D eigenvalue weighted by Crippen LogP contribution is -2.35. The molecular formula is C28H30N4O3. The van der Waals surface area contributed by atoms with Crippen molar-refractivity contribution in [2.75, 3.05) is 26.3 Å². The van der Waals surface area contributed by atoms with Crippen LogP contribution in [0.5, 0.6) is 0 Å². The summed E-state index contributed by atoms with van der Waals surface area (Å²) >= 11 is 0. The minimum absolute atomic E-state index is 0.0811. The third-order valence-corrected chi connectivity index (χ3v) is 6.29. The van der Waals surface area contributed by atoms with Crippen molar-refractivity contribution in [1.29, 1.82) is 0 Å². The molecule has 1 N–H and O–H groups in total. The number of rotatable bonds is 6. The molecule has 0 amide bonds. The molecule has 7 heteroatoms. The smallest absolute Gasteiger partial charge is 0.151 e. The monoisotopic (exact) mass is 470 g/mol. The fourth-order valence-corrected chi connectivity index (χ4v) is 4.36. The van der Waals surface area contributed by atoms with Gasteiger partial charge in [-0.1, -0.05) is 41.3 Å². The number of aliphatic hydroxyl groups excluding tert-OH is 1. The Morgan fingerprint density at radius 3 is 2.40 bits per heavy atom. The summed E-state index contributed by atoms with van der Waals surface area (Å²) in [4.78, 5) is 12.3. The number of hydrogen-bond donors (Lipinski definition) is 1. The summed E-state index contributed by atoms with van der Waals surface area (Å²) in [6, 6.07) is 16.6. The zero-order valence-corrected chi connectivity index (χ0v) is 19.9. The molecule has 0 saturated carbocycles. The van der Waals surface area contributed by atoms with E-state index in [9.17, 15) is 5.11 Å². The van der Waals surface area contributed by atoms with Crippen LogP contribution in [0.25, 0.3) is 0 Å². The Bertz CT molecular complexity index is 1210. The lowest BCUT2D eigenvalue weighted by molar-refractivity contribution is 0.0342. The summed E-state index contributed by atoms with van der Waals surface area (Å²) < 4.78 is 7.34. The number of nitrogens with zero attached hydrogens (tertiary/aromatic N) is 4. The van der Waals surface area contributed by atoms with Gasteiger partial charge in [0, 0.05) is 49.6 Å². The second-order valence-corrected chi connectivity index (χ2v) is 9.00. The molecule has 2 aliphatic rings. The van der Waals surface area contributed by atoms with E-state index < -0.39 is 6.10 Å². The predicted octanol–water partition coefficient (Wildman–Crippen LogP) is 3.36. The molecule has 1 aromatic heterocycles. The van der Waals surface area contributed by atoms with Crippen LogP contribution < -0.4 is 0 Å². The molecular weight excluding hydrogens is 440 g/mol. The van der Waals surface area contributed by atoms with Gasteiger partial charge in [-0.2, -0.15) is 0 Å². The van der Waals surface area contributed by atoms with Crippen LogP contribution in [-0.2, 0) is 22.7 Å². The molecule has 0 aliphatic carbocycles. The van der Waals surface area contributed by atoms with Gasteiger partial charge < -0.3 is 19.2 Å². The molecule has 5 rings (SSSR count). The topological polar surface area (TPSA) is 72.1 Å². The number of aliphatic hydroxyl groups is 1. The van der Waals surface area contributed by atoms with Crippen molar-refractivity contribution >= 4 is 5.71 Å². The normalized spacial score (nSPS) is 18.9. The highest BCUT2D eigenvalue weighted by molar-refractivity contribution is 6.01. The quantitative estimate of drug-likeness (QED) is 0.560. The van der Waals surface area contributed by atoms with Gasteiger partial charge in [-0.3, -0.25) is 4.90 Å². The van der Waals surface area contributed by atoms with Crippen LogP contribution in [0, 0.1) is 11.8 Å². The van der Waals surface area contributed by atoms with Gasteiger partial charge >= 0.3 is 0 Å². The largest absolute Gasteiger partial charge is 0.390 e. The summed E-state index contributed by atoms with van der Waals surface area (Å²) in [6.07, 6.45) is 3.56. The van der Waals surface area contributed by atoms with Gasteiger partial charge in [0.25, 0.3) is 0 Å². The first-order chi connectivity index (χ1) is 17.1. The average molecular weight is 471 g/mol. The Labute approximate surface area is 206 Å². The highest BCUT2D eigenvalue weighted by atomic mass is 16.6. The molecule has 3 aromatic rings. The van der Waals surface area contributed by atoms with E-state index in [2.05, 4.69) is 51.1 Å². The standard InChI is InChI=1S/C28H30N4O3/c1-21(33)28-29-12-13-32(28)20-26-18-27(30-35-26)25-10-8-23(9-11-25)3-2-22-4-6-24(7-5-22)19-31-14-16-34-17-15-31/h4-13,21,26,33H,14-20H2,1H3. The number of hydrogen-bond acceptors (Lipinski definition) is 6. The van der Waals surface area contributed by atoms with Crippen molar-refractivity contribution < 1.29 is 14.7 Å². The zero-order chi connectivity index (χ0) is 24.0. The minimum Gasteiger partial charge on any atom is -0.390 e. The second kappa shape index (κ2) is 10.9. The lowest BCUT2D eigenvalue weighted by atomic mass is 10.0. The molecule has 2 aromatic carbocycles. The molecule has 2 aliphatic heterocycles. The molecule has 35 heavy (non-hydrogen) atoms. The molecule has 7 nitrogen and oxygen atoms in total. The lowest BCUT2D eigenvalue weighted by Gasteiger charge is -2.26. The third-order valence-electron chi connectivity index (χ3n) is 6.29. The van der Waals surface area contributed by atoms with E-state index in [-0.39, 0.29) is 6.10 Å². The fraction of sp³-hybridized carbons (Fsp3) is 0.357. The van der Waals surface area contributed by atoms with Gasteiger partial charge in [0.2, 0.25) is 0 Å². The van der Waals surface area contributed by atoms with Crippen molar-refractivity contribution in [1.82, 2.24) is 14.5 Å². The van der Waals surface area contributed by atoms with Gasteiger partial charge in [-0.15, -0.1) is 0 Å². The average Bonchev–Trinajstić information content (AvgIpc) is 3.55. The molecule has 2 unspecified atom stereocenters. The Morgan fingerprint density at radius 2 is 1.71 bits per heavy atom. The van der Waals surface area contributed by atoms with Crippen molar-refractivity contribution in [2.45, 2.75) is 38.6 Å². The summed E-state index contributed by atoms with van der Waals surface area (Å²) in [5.41, 5.74) is 5.22. The van der Waals surface area contributed by atoms with E-state index in [4.69, 9.17) is 9.57 Å². The third kappa shape index (κ3) is 5.98. The molecule has 0 bridgehead atoms. The van der Waals surface area contributed by atoms with Crippen LogP contribution in [0.1, 0.15) is 47.5 Å². The summed E-state index contributed by atoms with van der Waals surface area (Å²) in [5, 5.41) is 14.1. The zero-order valence-electron chi connectivity index (χ0n) is 19.9. The molecule has 0 spiro atoms.